The van der Waals surface area contributed by atoms with Gasteiger partial charge in [0, 0.05) is 32.7 Å². The minimum Gasteiger partial charge on any atom is -0.339 e. The van der Waals surface area contributed by atoms with Gasteiger partial charge in [0.2, 0.25) is 15.9 Å². The Morgan fingerprint density at radius 3 is 2.43 bits per heavy atom. The first-order valence-corrected chi connectivity index (χ1v) is 11.8. The molecule has 1 saturated heterocycles. The van der Waals surface area contributed by atoms with E-state index in [1.54, 1.807) is 17.9 Å². The van der Waals surface area contributed by atoms with Crippen LogP contribution in [0.25, 0.3) is 0 Å². The molecule has 0 spiro atoms. The number of piperazine rings is 1. The first-order chi connectivity index (χ1) is 14.3. The fourth-order valence-corrected chi connectivity index (χ4v) is 5.52. The number of carbonyl (C=O) groups excluding carboxylic acids is 1. The number of hydrogen-bond acceptors (Lipinski definition) is 4. The average Bonchev–Trinajstić information content (AvgIpc) is 2.76. The fraction of sp³-hybridized carbons (Fsp3) is 0.435. The maximum Gasteiger partial charge on any atom is 0.243 e. The van der Waals surface area contributed by atoms with Crippen molar-refractivity contribution in [2.24, 2.45) is 0 Å². The molecular formula is C23H31N3O3S. The molecule has 1 amide bonds. The zero-order valence-corrected chi connectivity index (χ0v) is 18.8. The summed E-state index contributed by atoms with van der Waals surface area (Å²) >= 11 is 0. The molecule has 3 rings (SSSR count). The highest BCUT2D eigenvalue weighted by atomic mass is 32.2. The van der Waals surface area contributed by atoms with Crippen molar-refractivity contribution in [3.05, 3.63) is 65.2 Å². The lowest BCUT2D eigenvalue weighted by molar-refractivity contribution is -0.132. The Morgan fingerprint density at radius 2 is 1.77 bits per heavy atom. The van der Waals surface area contributed by atoms with Gasteiger partial charge in [-0.3, -0.25) is 4.79 Å². The lowest BCUT2D eigenvalue weighted by atomic mass is 10.0. The maximum atomic E-state index is 13.6. The predicted octanol–water partition coefficient (Wildman–Crippen LogP) is 2.53. The Bertz CT molecular complexity index is 970. The molecule has 0 saturated carbocycles. The van der Waals surface area contributed by atoms with Crippen molar-refractivity contribution in [2.75, 3.05) is 39.3 Å². The molecule has 30 heavy (non-hydrogen) atoms. The van der Waals surface area contributed by atoms with Gasteiger partial charge >= 0.3 is 0 Å². The van der Waals surface area contributed by atoms with E-state index in [-0.39, 0.29) is 29.8 Å². The van der Waals surface area contributed by atoms with Crippen LogP contribution in [0.4, 0.5) is 0 Å². The summed E-state index contributed by atoms with van der Waals surface area (Å²) in [6.07, 6.45) is 0. The van der Waals surface area contributed by atoms with Crippen LogP contribution in [0.15, 0.2) is 53.4 Å². The van der Waals surface area contributed by atoms with Crippen LogP contribution in [-0.2, 0) is 14.8 Å². The van der Waals surface area contributed by atoms with Crippen LogP contribution in [-0.4, -0.2) is 62.8 Å². The molecule has 1 N–H and O–H groups in total. The molecule has 1 atom stereocenters. The van der Waals surface area contributed by atoms with Crippen molar-refractivity contribution < 1.29 is 13.2 Å². The topological polar surface area (TPSA) is 69.7 Å². The third-order valence-electron chi connectivity index (χ3n) is 5.59. The Kier molecular flexibility index (Phi) is 7.28. The van der Waals surface area contributed by atoms with Crippen molar-refractivity contribution in [1.82, 2.24) is 14.5 Å². The summed E-state index contributed by atoms with van der Waals surface area (Å²) in [5.41, 5.74) is 2.62. The molecule has 1 aliphatic rings. The van der Waals surface area contributed by atoms with Crippen molar-refractivity contribution in [3.8, 4) is 0 Å². The molecule has 1 unspecified atom stereocenters. The van der Waals surface area contributed by atoms with Gasteiger partial charge in [0.25, 0.3) is 0 Å². The van der Waals surface area contributed by atoms with Gasteiger partial charge in [0.15, 0.2) is 0 Å². The zero-order valence-electron chi connectivity index (χ0n) is 18.0. The first-order valence-electron chi connectivity index (χ1n) is 10.4. The first kappa shape index (κ1) is 22.5. The molecule has 0 radical (unpaired) electrons. The van der Waals surface area contributed by atoms with Gasteiger partial charge in [-0.05, 0) is 42.5 Å². The van der Waals surface area contributed by atoms with Gasteiger partial charge in [0.05, 0.1) is 11.4 Å². The van der Waals surface area contributed by atoms with Gasteiger partial charge in [-0.2, -0.15) is 4.31 Å². The van der Waals surface area contributed by atoms with Gasteiger partial charge in [-0.1, -0.05) is 49.4 Å². The molecule has 6 nitrogen and oxygen atoms in total. The molecule has 0 bridgehead atoms. The lowest BCUT2D eigenvalue weighted by Gasteiger charge is -2.31. The highest BCUT2D eigenvalue weighted by Gasteiger charge is 2.31. The molecule has 0 aromatic heterocycles. The van der Waals surface area contributed by atoms with Crippen LogP contribution in [0.1, 0.15) is 29.5 Å². The normalized spacial score (nSPS) is 15.9. The lowest BCUT2D eigenvalue weighted by Crippen LogP contribution is -2.50. The summed E-state index contributed by atoms with van der Waals surface area (Å²) in [6.45, 7) is 8.44. The van der Waals surface area contributed by atoms with E-state index in [2.05, 4.69) is 5.32 Å². The Hall–Kier alpha value is -2.22. The van der Waals surface area contributed by atoms with Gasteiger partial charge in [0.1, 0.15) is 0 Å². The van der Waals surface area contributed by atoms with E-state index in [1.807, 2.05) is 56.3 Å². The van der Waals surface area contributed by atoms with Crippen LogP contribution in [0.2, 0.25) is 0 Å². The van der Waals surface area contributed by atoms with Gasteiger partial charge < -0.3 is 10.2 Å². The van der Waals surface area contributed by atoms with Crippen molar-refractivity contribution in [2.45, 2.75) is 31.6 Å². The van der Waals surface area contributed by atoms with E-state index in [4.69, 9.17) is 0 Å². The average molecular weight is 430 g/mol. The SMILES string of the molecule is Cc1ccc(C)c(S(=O)(=O)N(CC(=O)N2CCNCC2)CC(C)c2ccccc2)c1. The second kappa shape index (κ2) is 9.73. The predicted molar refractivity (Wildman–Crippen MR) is 119 cm³/mol. The molecule has 162 valence electrons. The summed E-state index contributed by atoms with van der Waals surface area (Å²) in [6, 6.07) is 15.2. The number of nitrogens with zero attached hydrogens (tertiary/aromatic N) is 2. The molecule has 1 fully saturated rings. The Morgan fingerprint density at radius 1 is 1.10 bits per heavy atom. The van der Waals surface area contributed by atoms with Gasteiger partial charge in [-0.25, -0.2) is 8.42 Å². The van der Waals surface area contributed by atoms with E-state index in [1.165, 1.54) is 4.31 Å². The molecule has 1 heterocycles. The van der Waals surface area contributed by atoms with Crippen LogP contribution in [0, 0.1) is 13.8 Å². The monoisotopic (exact) mass is 429 g/mol. The second-order valence-corrected chi connectivity index (χ2v) is 9.92. The highest BCUT2D eigenvalue weighted by molar-refractivity contribution is 7.89. The summed E-state index contributed by atoms with van der Waals surface area (Å²) in [4.78, 5) is 15.0. The zero-order chi connectivity index (χ0) is 21.7. The Balaban J connectivity index is 1.91. The van der Waals surface area contributed by atoms with Crippen LogP contribution >= 0.6 is 0 Å². The van der Waals surface area contributed by atoms with Crippen LogP contribution in [0.5, 0.6) is 0 Å². The van der Waals surface area contributed by atoms with E-state index in [9.17, 15) is 13.2 Å². The van der Waals surface area contributed by atoms with Gasteiger partial charge in [-0.15, -0.1) is 0 Å². The molecule has 1 aliphatic heterocycles. The maximum absolute atomic E-state index is 13.6. The molecular weight excluding hydrogens is 398 g/mol. The number of amides is 1. The molecule has 0 aliphatic carbocycles. The number of aryl methyl sites for hydroxylation is 2. The number of benzene rings is 2. The number of sulfonamides is 1. The van der Waals surface area contributed by atoms with Crippen molar-refractivity contribution >= 4 is 15.9 Å². The highest BCUT2D eigenvalue weighted by Crippen LogP contribution is 2.25. The quantitative estimate of drug-likeness (QED) is 0.734. The van der Waals surface area contributed by atoms with E-state index < -0.39 is 10.0 Å². The van der Waals surface area contributed by atoms with Crippen molar-refractivity contribution in [1.29, 1.82) is 0 Å². The second-order valence-electron chi connectivity index (χ2n) is 8.01. The summed E-state index contributed by atoms with van der Waals surface area (Å²) in [5.74, 6) is -0.187. The number of rotatable bonds is 7. The standard InChI is InChI=1S/C23H31N3O3S/c1-18-9-10-19(2)22(15-18)30(28,29)26(16-20(3)21-7-5-4-6-8-21)17-23(27)25-13-11-24-12-14-25/h4-10,15,20,24H,11-14,16-17H2,1-3H3. The summed E-state index contributed by atoms with van der Waals surface area (Å²) in [5, 5.41) is 3.22. The summed E-state index contributed by atoms with van der Waals surface area (Å²) in [7, 11) is -3.82. The largest absolute Gasteiger partial charge is 0.339 e. The number of hydrogen-bond donors (Lipinski definition) is 1. The molecule has 2 aromatic carbocycles. The van der Waals surface area contributed by atoms with E-state index in [0.29, 0.717) is 18.7 Å². The minimum absolute atomic E-state index is 0.0399. The number of carbonyl (C=O) groups is 1. The van der Waals surface area contributed by atoms with Crippen LogP contribution in [0.3, 0.4) is 0 Å². The minimum atomic E-state index is -3.82. The van der Waals surface area contributed by atoms with Crippen molar-refractivity contribution in [3.63, 3.8) is 0 Å². The Labute approximate surface area is 179 Å². The third kappa shape index (κ3) is 5.28. The van der Waals surface area contributed by atoms with Crippen LogP contribution < -0.4 is 5.32 Å². The fourth-order valence-electron chi connectivity index (χ4n) is 3.73. The van der Waals surface area contributed by atoms with E-state index in [0.717, 1.165) is 24.2 Å². The van der Waals surface area contributed by atoms with E-state index >= 15 is 0 Å². The smallest absolute Gasteiger partial charge is 0.243 e. The summed E-state index contributed by atoms with van der Waals surface area (Å²) < 4.78 is 28.6. The third-order valence-corrected chi connectivity index (χ3v) is 7.54. The molecule has 7 heteroatoms. The number of nitrogens with one attached hydrogen (secondary N) is 1. The molecule has 2 aromatic rings.